The Balaban J connectivity index is 0.00000106. The minimum absolute atomic E-state index is 0.514. The second-order valence-corrected chi connectivity index (χ2v) is 3.15. The fraction of sp³-hybridized carbons (Fsp3) is 0.357. The first-order valence-electron chi connectivity index (χ1n) is 5.64. The van der Waals surface area contributed by atoms with Gasteiger partial charge in [-0.15, -0.1) is 0 Å². The Hall–Kier alpha value is -1.57. The third-order valence-corrected chi connectivity index (χ3v) is 1.53. The van der Waals surface area contributed by atoms with E-state index in [2.05, 4.69) is 5.16 Å². The van der Waals surface area contributed by atoms with Crippen molar-refractivity contribution < 1.29 is 4.84 Å². The summed E-state index contributed by atoms with van der Waals surface area (Å²) in [7, 11) is 0. The van der Waals surface area contributed by atoms with E-state index in [1.165, 1.54) is 5.56 Å². The van der Waals surface area contributed by atoms with Crippen molar-refractivity contribution in [2.75, 3.05) is 6.61 Å². The molecular weight excluding hydrogens is 198 g/mol. The lowest BCUT2D eigenvalue weighted by Gasteiger charge is -1.94. The van der Waals surface area contributed by atoms with Crippen molar-refractivity contribution in [1.29, 1.82) is 0 Å². The molecule has 0 aliphatic heterocycles. The van der Waals surface area contributed by atoms with E-state index in [0.717, 1.165) is 5.71 Å². The van der Waals surface area contributed by atoms with Crippen LogP contribution in [-0.2, 0) is 4.84 Å². The maximum atomic E-state index is 5.02. The van der Waals surface area contributed by atoms with Gasteiger partial charge < -0.3 is 4.84 Å². The van der Waals surface area contributed by atoms with Gasteiger partial charge in [-0.2, -0.15) is 0 Å². The van der Waals surface area contributed by atoms with Crippen LogP contribution in [0.25, 0.3) is 6.08 Å². The van der Waals surface area contributed by atoms with Crippen molar-refractivity contribution in [3.63, 3.8) is 0 Å². The lowest BCUT2D eigenvalue weighted by Crippen LogP contribution is -1.86. The quantitative estimate of drug-likeness (QED) is 0.423. The molecule has 2 nitrogen and oxygen atoms in total. The Morgan fingerprint density at radius 3 is 2.38 bits per heavy atom. The van der Waals surface area contributed by atoms with Gasteiger partial charge in [0.15, 0.2) is 0 Å². The summed E-state index contributed by atoms with van der Waals surface area (Å²) in [5, 5.41) is 3.82. The third kappa shape index (κ3) is 7.80. The highest BCUT2D eigenvalue weighted by atomic mass is 16.6. The molecule has 1 aromatic carbocycles. The minimum Gasteiger partial charge on any atom is -0.392 e. The molecule has 1 rings (SSSR count). The van der Waals surface area contributed by atoms with E-state index in [0.29, 0.717) is 6.61 Å². The predicted octanol–water partition coefficient (Wildman–Crippen LogP) is 4.14. The van der Waals surface area contributed by atoms with Crippen molar-refractivity contribution in [3.8, 4) is 0 Å². The van der Waals surface area contributed by atoms with Crippen LogP contribution in [-0.4, -0.2) is 12.3 Å². The highest BCUT2D eigenvalue weighted by Crippen LogP contribution is 2.00. The Morgan fingerprint density at radius 2 is 1.81 bits per heavy atom. The second kappa shape index (κ2) is 9.97. The minimum atomic E-state index is 0.514. The molecule has 0 aliphatic rings. The van der Waals surface area contributed by atoms with Gasteiger partial charge in [0.05, 0.1) is 5.71 Å². The molecule has 0 amide bonds. The molecule has 0 atom stereocenters. The van der Waals surface area contributed by atoms with Gasteiger partial charge >= 0.3 is 0 Å². The zero-order chi connectivity index (χ0) is 12.2. The molecule has 0 spiro atoms. The number of hydrogen-bond donors (Lipinski definition) is 0. The Labute approximate surface area is 98.6 Å². The average Bonchev–Trinajstić information content (AvgIpc) is 2.32. The first-order valence-corrected chi connectivity index (χ1v) is 5.64. The van der Waals surface area contributed by atoms with Gasteiger partial charge in [-0.1, -0.05) is 55.4 Å². The first-order chi connectivity index (χ1) is 7.79. The second-order valence-electron chi connectivity index (χ2n) is 3.15. The Kier molecular flexibility index (Phi) is 8.99. The molecule has 0 bridgehead atoms. The van der Waals surface area contributed by atoms with Gasteiger partial charge in [0.2, 0.25) is 0 Å². The Morgan fingerprint density at radius 1 is 1.19 bits per heavy atom. The molecule has 0 saturated carbocycles. The lowest BCUT2D eigenvalue weighted by molar-refractivity contribution is 0.174. The lowest BCUT2D eigenvalue weighted by atomic mass is 10.2. The molecule has 2 heteroatoms. The van der Waals surface area contributed by atoms with Crippen molar-refractivity contribution >= 4 is 11.8 Å². The molecule has 88 valence electrons. The maximum Gasteiger partial charge on any atom is 0.135 e. The van der Waals surface area contributed by atoms with Crippen molar-refractivity contribution in [3.05, 3.63) is 42.0 Å². The van der Waals surface area contributed by atoms with Crippen molar-refractivity contribution in [1.82, 2.24) is 0 Å². The zero-order valence-electron chi connectivity index (χ0n) is 10.6. The molecule has 0 aromatic heterocycles. The number of nitrogens with zero attached hydrogens (tertiary/aromatic N) is 1. The number of benzene rings is 1. The van der Waals surface area contributed by atoms with Gasteiger partial charge in [0.25, 0.3) is 0 Å². The molecule has 0 N–H and O–H groups in total. The van der Waals surface area contributed by atoms with E-state index in [4.69, 9.17) is 4.84 Å². The zero-order valence-corrected chi connectivity index (χ0v) is 10.6. The SMILES string of the molecule is CC.CC(C)=NOC/C=C/c1ccccc1. The van der Waals surface area contributed by atoms with E-state index < -0.39 is 0 Å². The molecule has 0 unspecified atom stereocenters. The van der Waals surface area contributed by atoms with Crippen LogP contribution in [0, 0.1) is 0 Å². The molecule has 1 aromatic rings. The van der Waals surface area contributed by atoms with Crippen LogP contribution >= 0.6 is 0 Å². The van der Waals surface area contributed by atoms with Gasteiger partial charge in [-0.05, 0) is 25.5 Å². The van der Waals surface area contributed by atoms with Crippen LogP contribution in [0.2, 0.25) is 0 Å². The van der Waals surface area contributed by atoms with E-state index in [1.807, 2.05) is 70.2 Å². The molecule has 0 heterocycles. The van der Waals surface area contributed by atoms with Gasteiger partial charge in [-0.25, -0.2) is 0 Å². The number of oxime groups is 1. The highest BCUT2D eigenvalue weighted by molar-refractivity contribution is 5.78. The highest BCUT2D eigenvalue weighted by Gasteiger charge is 1.82. The van der Waals surface area contributed by atoms with Crippen LogP contribution in [0.4, 0.5) is 0 Å². The smallest absolute Gasteiger partial charge is 0.135 e. The van der Waals surface area contributed by atoms with Gasteiger partial charge in [-0.3, -0.25) is 0 Å². The molecule has 0 radical (unpaired) electrons. The van der Waals surface area contributed by atoms with E-state index >= 15 is 0 Å². The maximum absolute atomic E-state index is 5.02. The van der Waals surface area contributed by atoms with Crippen molar-refractivity contribution in [2.24, 2.45) is 5.16 Å². The molecule has 0 aliphatic carbocycles. The predicted molar refractivity (Wildman–Crippen MR) is 71.6 cm³/mol. The topological polar surface area (TPSA) is 21.6 Å². The summed E-state index contributed by atoms with van der Waals surface area (Å²) >= 11 is 0. The molecule has 0 fully saturated rings. The summed E-state index contributed by atoms with van der Waals surface area (Å²) in [5.41, 5.74) is 2.10. The van der Waals surface area contributed by atoms with Crippen LogP contribution in [0.15, 0.2) is 41.6 Å². The standard InChI is InChI=1S/C12H15NO.C2H6/c1-11(2)13-14-10-6-9-12-7-4-3-5-8-12;1-2/h3-9H,10H2,1-2H3;1-2H3/b9-6+;. The number of rotatable bonds is 4. The Bertz CT molecular complexity index is 311. The van der Waals surface area contributed by atoms with Crippen LogP contribution in [0.5, 0.6) is 0 Å². The fourth-order valence-corrected chi connectivity index (χ4v) is 0.958. The monoisotopic (exact) mass is 219 g/mol. The van der Waals surface area contributed by atoms with Gasteiger partial charge in [0, 0.05) is 0 Å². The summed E-state index contributed by atoms with van der Waals surface area (Å²) in [6.45, 7) is 8.32. The summed E-state index contributed by atoms with van der Waals surface area (Å²) in [5.74, 6) is 0. The summed E-state index contributed by atoms with van der Waals surface area (Å²) in [4.78, 5) is 5.02. The average molecular weight is 219 g/mol. The molecule has 16 heavy (non-hydrogen) atoms. The van der Waals surface area contributed by atoms with Gasteiger partial charge in [0.1, 0.15) is 6.61 Å². The van der Waals surface area contributed by atoms with Crippen molar-refractivity contribution in [2.45, 2.75) is 27.7 Å². The van der Waals surface area contributed by atoms with E-state index in [1.54, 1.807) is 0 Å². The van der Waals surface area contributed by atoms with E-state index in [9.17, 15) is 0 Å². The summed E-state index contributed by atoms with van der Waals surface area (Å²) in [6.07, 6.45) is 3.96. The summed E-state index contributed by atoms with van der Waals surface area (Å²) in [6, 6.07) is 10.1. The first kappa shape index (κ1) is 14.4. The summed E-state index contributed by atoms with van der Waals surface area (Å²) < 4.78 is 0. The van der Waals surface area contributed by atoms with E-state index in [-0.39, 0.29) is 0 Å². The van der Waals surface area contributed by atoms with Crippen LogP contribution in [0.1, 0.15) is 33.3 Å². The molecular formula is C14H21NO. The largest absolute Gasteiger partial charge is 0.392 e. The molecule has 0 saturated heterocycles. The fourth-order valence-electron chi connectivity index (χ4n) is 0.958. The number of hydrogen-bond acceptors (Lipinski definition) is 2. The normalized spacial score (nSPS) is 9.25. The third-order valence-electron chi connectivity index (χ3n) is 1.53. The van der Waals surface area contributed by atoms with Crippen LogP contribution in [0.3, 0.4) is 0 Å². The van der Waals surface area contributed by atoms with Crippen LogP contribution < -0.4 is 0 Å².